The maximum Gasteiger partial charge on any atom is 0.268 e. The number of benzene rings is 1. The van der Waals surface area contributed by atoms with Crippen LogP contribution in [0.15, 0.2) is 12.1 Å². The van der Waals surface area contributed by atoms with Crippen LogP contribution < -0.4 is 5.32 Å². The minimum Gasteiger partial charge on any atom is -0.344 e. The van der Waals surface area contributed by atoms with Gasteiger partial charge in [-0.15, -0.1) is 0 Å². The lowest BCUT2D eigenvalue weighted by atomic mass is 9.75. The van der Waals surface area contributed by atoms with Crippen LogP contribution in [0.25, 0.3) is 10.9 Å². The van der Waals surface area contributed by atoms with Crippen LogP contribution in [0.5, 0.6) is 0 Å². The predicted molar refractivity (Wildman–Crippen MR) is 90.0 cm³/mol. The van der Waals surface area contributed by atoms with Gasteiger partial charge in [0.25, 0.3) is 5.91 Å². The smallest absolute Gasteiger partial charge is 0.268 e. The van der Waals surface area contributed by atoms with Crippen molar-refractivity contribution in [2.45, 2.75) is 37.1 Å². The Morgan fingerprint density at radius 1 is 1.35 bits per heavy atom. The van der Waals surface area contributed by atoms with Crippen LogP contribution in [0.3, 0.4) is 0 Å². The van der Waals surface area contributed by atoms with Gasteiger partial charge in [-0.3, -0.25) is 4.79 Å². The minimum absolute atomic E-state index is 0.126. The highest BCUT2D eigenvalue weighted by molar-refractivity contribution is 6.45. The van der Waals surface area contributed by atoms with Gasteiger partial charge in [-0.2, -0.15) is 5.26 Å². The number of fused-ring (bicyclic) bond motifs is 3. The second-order valence-electron chi connectivity index (χ2n) is 6.46. The van der Waals surface area contributed by atoms with Crippen molar-refractivity contribution in [3.63, 3.8) is 0 Å². The Morgan fingerprint density at radius 3 is 2.70 bits per heavy atom. The first kappa shape index (κ1) is 14.9. The zero-order chi connectivity index (χ0) is 16.4. The van der Waals surface area contributed by atoms with Crippen LogP contribution in [-0.2, 0) is 7.05 Å². The molecule has 2 heterocycles. The van der Waals surface area contributed by atoms with Crippen molar-refractivity contribution >= 4 is 40.0 Å². The molecule has 1 aromatic heterocycles. The Morgan fingerprint density at radius 2 is 2.04 bits per heavy atom. The van der Waals surface area contributed by atoms with Gasteiger partial charge >= 0.3 is 0 Å². The second-order valence-corrected chi connectivity index (χ2v) is 7.24. The summed E-state index contributed by atoms with van der Waals surface area (Å²) in [7, 11) is 1.80. The molecule has 2 aliphatic rings. The number of amides is 1. The highest BCUT2D eigenvalue weighted by Gasteiger charge is 2.50. The Hall–Kier alpha value is -1.70. The maximum atomic E-state index is 12.8. The largest absolute Gasteiger partial charge is 0.344 e. The number of rotatable bonds is 0. The van der Waals surface area contributed by atoms with Gasteiger partial charge in [0.2, 0.25) is 0 Å². The van der Waals surface area contributed by atoms with E-state index < -0.39 is 5.54 Å². The summed E-state index contributed by atoms with van der Waals surface area (Å²) in [6, 6.07) is 6.05. The molecule has 0 radical (unpaired) electrons. The molecule has 1 aromatic carbocycles. The topological polar surface area (TPSA) is 57.8 Å². The lowest BCUT2D eigenvalue weighted by Crippen LogP contribution is -2.54. The molecule has 0 saturated heterocycles. The summed E-state index contributed by atoms with van der Waals surface area (Å²) in [5, 5.41) is 14.7. The normalized spacial score (nSPS) is 22.2. The zero-order valence-corrected chi connectivity index (χ0v) is 14.1. The fourth-order valence-electron chi connectivity index (χ4n) is 4.31. The van der Waals surface area contributed by atoms with Gasteiger partial charge < -0.3 is 9.88 Å². The maximum absolute atomic E-state index is 12.8. The minimum atomic E-state index is -0.445. The van der Waals surface area contributed by atoms with Crippen molar-refractivity contribution in [2.24, 2.45) is 7.05 Å². The molecule has 1 fully saturated rings. The molecule has 6 heteroatoms. The molecule has 1 unspecified atom stereocenters. The van der Waals surface area contributed by atoms with Crippen LogP contribution >= 0.6 is 23.2 Å². The van der Waals surface area contributed by atoms with Gasteiger partial charge in [0.05, 0.1) is 33.1 Å². The Kier molecular flexibility index (Phi) is 3.16. The standard InChI is InChI=1S/C17H15Cl2N3O/c1-22-14-9(4-5-11(18)13(14)19)12-10(8-20)17(6-2-3-7-17)21-16(23)15(12)22/h4-5,10H,2-3,6-7H2,1H3,(H,21,23). The van der Waals surface area contributed by atoms with E-state index in [1.165, 1.54) is 0 Å². The number of carbonyl (C=O) groups is 1. The SMILES string of the molecule is Cn1c2c(c3ccc(Cl)c(Cl)c31)C(C#N)C1(CCCC1)NC2=O. The van der Waals surface area contributed by atoms with Gasteiger partial charge in [0.15, 0.2) is 0 Å². The lowest BCUT2D eigenvalue weighted by molar-refractivity contribution is 0.0862. The van der Waals surface area contributed by atoms with Crippen molar-refractivity contribution < 1.29 is 4.79 Å². The van der Waals surface area contributed by atoms with Gasteiger partial charge in [0.1, 0.15) is 5.69 Å². The number of halogens is 2. The molecule has 23 heavy (non-hydrogen) atoms. The summed E-state index contributed by atoms with van der Waals surface area (Å²) in [6.45, 7) is 0. The van der Waals surface area contributed by atoms with E-state index in [0.717, 1.165) is 42.1 Å². The monoisotopic (exact) mass is 347 g/mol. The van der Waals surface area contributed by atoms with Crippen LogP contribution in [-0.4, -0.2) is 16.0 Å². The third kappa shape index (κ3) is 1.81. The predicted octanol–water partition coefficient (Wildman–Crippen LogP) is 4.15. The van der Waals surface area contributed by atoms with E-state index >= 15 is 0 Å². The molecule has 1 aliphatic heterocycles. The number of nitrogens with one attached hydrogen (secondary N) is 1. The molecule has 1 N–H and O–H groups in total. The van der Waals surface area contributed by atoms with Crippen LogP contribution in [0, 0.1) is 11.3 Å². The first-order valence-electron chi connectivity index (χ1n) is 7.68. The van der Waals surface area contributed by atoms with Crippen molar-refractivity contribution in [3.05, 3.63) is 33.4 Å². The fourth-order valence-corrected chi connectivity index (χ4v) is 4.76. The number of hydrogen-bond acceptors (Lipinski definition) is 2. The number of carbonyl (C=O) groups excluding carboxylic acids is 1. The van der Waals surface area contributed by atoms with Gasteiger partial charge in [-0.05, 0) is 18.9 Å². The fraction of sp³-hybridized carbons (Fsp3) is 0.412. The summed E-state index contributed by atoms with van der Waals surface area (Å²) in [5.74, 6) is -0.488. The van der Waals surface area contributed by atoms with E-state index in [1.807, 2.05) is 6.07 Å². The number of nitrogens with zero attached hydrogens (tertiary/aromatic N) is 2. The molecular formula is C17H15Cl2N3O. The average Bonchev–Trinajstić information content (AvgIpc) is 3.08. The van der Waals surface area contributed by atoms with Crippen molar-refractivity contribution in [2.75, 3.05) is 0 Å². The molecule has 1 spiro atoms. The summed E-state index contributed by atoms with van der Waals surface area (Å²) >= 11 is 12.5. The molecule has 118 valence electrons. The lowest BCUT2D eigenvalue weighted by Gasteiger charge is -2.38. The van der Waals surface area contributed by atoms with Crippen LogP contribution in [0.1, 0.15) is 47.7 Å². The van der Waals surface area contributed by atoms with E-state index in [2.05, 4.69) is 11.4 Å². The molecular weight excluding hydrogens is 333 g/mol. The zero-order valence-electron chi connectivity index (χ0n) is 12.6. The molecule has 4 nitrogen and oxygen atoms in total. The molecule has 1 amide bonds. The van der Waals surface area contributed by atoms with E-state index in [0.29, 0.717) is 15.7 Å². The highest BCUT2D eigenvalue weighted by atomic mass is 35.5. The summed E-state index contributed by atoms with van der Waals surface area (Å²) in [4.78, 5) is 12.8. The Labute approximate surface area is 144 Å². The number of aryl methyl sites for hydroxylation is 1. The Balaban J connectivity index is 2.09. The highest BCUT2D eigenvalue weighted by Crippen LogP contribution is 2.49. The third-order valence-electron chi connectivity index (χ3n) is 5.33. The van der Waals surface area contributed by atoms with E-state index in [-0.39, 0.29) is 11.8 Å². The van der Waals surface area contributed by atoms with Crippen LogP contribution in [0.2, 0.25) is 10.0 Å². The van der Waals surface area contributed by atoms with Crippen molar-refractivity contribution in [1.82, 2.24) is 9.88 Å². The molecule has 1 saturated carbocycles. The quantitative estimate of drug-likeness (QED) is 0.778. The summed E-state index contributed by atoms with van der Waals surface area (Å²) in [6.07, 6.45) is 3.75. The second kappa shape index (κ2) is 4.90. The molecule has 1 aliphatic carbocycles. The first-order chi connectivity index (χ1) is 11.0. The molecule has 4 rings (SSSR count). The van der Waals surface area contributed by atoms with E-state index in [1.54, 1.807) is 17.7 Å². The molecule has 0 bridgehead atoms. The van der Waals surface area contributed by atoms with Gasteiger partial charge in [-0.1, -0.05) is 42.1 Å². The van der Waals surface area contributed by atoms with Crippen molar-refractivity contribution in [1.29, 1.82) is 5.26 Å². The first-order valence-corrected chi connectivity index (χ1v) is 8.44. The number of hydrogen-bond donors (Lipinski definition) is 1. The third-order valence-corrected chi connectivity index (χ3v) is 6.12. The summed E-state index contributed by atoms with van der Waals surface area (Å²) < 4.78 is 1.76. The van der Waals surface area contributed by atoms with E-state index in [4.69, 9.17) is 23.2 Å². The van der Waals surface area contributed by atoms with Gasteiger partial charge in [0, 0.05) is 18.0 Å². The average molecular weight is 348 g/mol. The molecule has 2 aromatic rings. The van der Waals surface area contributed by atoms with Crippen molar-refractivity contribution in [3.8, 4) is 6.07 Å². The molecule has 1 atom stereocenters. The van der Waals surface area contributed by atoms with Crippen LogP contribution in [0.4, 0.5) is 0 Å². The number of aromatic nitrogens is 1. The Bertz CT molecular complexity index is 888. The number of nitriles is 1. The van der Waals surface area contributed by atoms with Gasteiger partial charge in [-0.25, -0.2) is 0 Å². The summed E-state index contributed by atoms with van der Waals surface area (Å²) in [5.41, 5.74) is 1.59. The van der Waals surface area contributed by atoms with E-state index in [9.17, 15) is 10.1 Å².